The van der Waals surface area contributed by atoms with Crippen molar-refractivity contribution >= 4 is 21.4 Å². The van der Waals surface area contributed by atoms with E-state index in [1.807, 2.05) is 0 Å². The van der Waals surface area contributed by atoms with E-state index < -0.39 is 10.0 Å². The highest BCUT2D eigenvalue weighted by atomic mass is 32.2. The molecule has 0 aliphatic heterocycles. The summed E-state index contributed by atoms with van der Waals surface area (Å²) in [6.45, 7) is 0.439. The number of anilines is 2. The molecule has 0 aromatic heterocycles. The lowest BCUT2D eigenvalue weighted by Gasteiger charge is -2.09. The number of nitrogen functional groups attached to an aromatic ring is 1. The first-order valence-electron chi connectivity index (χ1n) is 6.27. The van der Waals surface area contributed by atoms with Crippen LogP contribution in [-0.2, 0) is 16.4 Å². The second-order valence-electron chi connectivity index (χ2n) is 4.60. The van der Waals surface area contributed by atoms with Crippen molar-refractivity contribution in [2.24, 2.45) is 5.14 Å². The van der Waals surface area contributed by atoms with E-state index in [9.17, 15) is 12.8 Å². The second kappa shape index (κ2) is 6.11. The predicted octanol–water partition coefficient (Wildman–Crippen LogP) is 1.71. The Morgan fingerprint density at radius 2 is 1.86 bits per heavy atom. The first kappa shape index (κ1) is 15.3. The zero-order valence-electron chi connectivity index (χ0n) is 11.2. The van der Waals surface area contributed by atoms with Crippen LogP contribution in [0.3, 0.4) is 0 Å². The first-order valence-corrected chi connectivity index (χ1v) is 7.81. The molecule has 0 radical (unpaired) electrons. The molecule has 2 rings (SSSR count). The summed E-state index contributed by atoms with van der Waals surface area (Å²) in [5, 5.41) is 8.08. The molecule has 0 saturated heterocycles. The zero-order valence-corrected chi connectivity index (χ0v) is 12.0. The molecule has 2 aromatic carbocycles. The van der Waals surface area contributed by atoms with Gasteiger partial charge in [-0.3, -0.25) is 0 Å². The van der Waals surface area contributed by atoms with Gasteiger partial charge in [0.15, 0.2) is 0 Å². The highest BCUT2D eigenvalue weighted by molar-refractivity contribution is 7.89. The number of rotatable bonds is 5. The van der Waals surface area contributed by atoms with Gasteiger partial charge in [0.25, 0.3) is 0 Å². The quantitative estimate of drug-likeness (QED) is 0.732. The van der Waals surface area contributed by atoms with E-state index in [0.29, 0.717) is 24.2 Å². The van der Waals surface area contributed by atoms with Crippen LogP contribution in [0.1, 0.15) is 5.56 Å². The van der Waals surface area contributed by atoms with Gasteiger partial charge in [0.05, 0.1) is 4.90 Å². The lowest BCUT2D eigenvalue weighted by molar-refractivity contribution is 0.598. The van der Waals surface area contributed by atoms with Gasteiger partial charge >= 0.3 is 0 Å². The Kier molecular flexibility index (Phi) is 4.44. The van der Waals surface area contributed by atoms with Crippen molar-refractivity contribution in [2.75, 3.05) is 17.6 Å². The number of nitrogens with two attached hydrogens (primary N) is 2. The minimum atomic E-state index is -3.81. The Morgan fingerprint density at radius 1 is 1.14 bits per heavy atom. The predicted molar refractivity (Wildman–Crippen MR) is 80.8 cm³/mol. The normalized spacial score (nSPS) is 11.3. The molecule has 2 aromatic rings. The van der Waals surface area contributed by atoms with E-state index in [0.717, 1.165) is 0 Å². The van der Waals surface area contributed by atoms with Crippen molar-refractivity contribution in [3.63, 3.8) is 0 Å². The molecule has 5 N–H and O–H groups in total. The zero-order chi connectivity index (χ0) is 15.5. The average Bonchev–Trinajstić information content (AvgIpc) is 2.39. The van der Waals surface area contributed by atoms with Crippen LogP contribution >= 0.6 is 0 Å². The second-order valence-corrected chi connectivity index (χ2v) is 6.17. The fourth-order valence-corrected chi connectivity index (χ4v) is 2.52. The molecular weight excluding hydrogens is 293 g/mol. The fourth-order valence-electron chi connectivity index (χ4n) is 1.93. The van der Waals surface area contributed by atoms with E-state index in [1.54, 1.807) is 24.3 Å². The van der Waals surface area contributed by atoms with Gasteiger partial charge in [0.2, 0.25) is 10.0 Å². The molecule has 0 unspecified atom stereocenters. The van der Waals surface area contributed by atoms with Crippen molar-refractivity contribution in [2.45, 2.75) is 11.3 Å². The summed E-state index contributed by atoms with van der Waals surface area (Å²) in [6.07, 6.45) is 0.464. The fraction of sp³-hybridized carbons (Fsp3) is 0.143. The van der Waals surface area contributed by atoms with Crippen LogP contribution in [0.15, 0.2) is 47.4 Å². The molecule has 0 fully saturated rings. The monoisotopic (exact) mass is 309 g/mol. The number of nitrogens with one attached hydrogen (secondary N) is 1. The Balaban J connectivity index is 2.07. The molecule has 0 atom stereocenters. The van der Waals surface area contributed by atoms with Crippen LogP contribution in [0.2, 0.25) is 0 Å². The van der Waals surface area contributed by atoms with Crippen LogP contribution < -0.4 is 16.2 Å². The van der Waals surface area contributed by atoms with Crippen molar-refractivity contribution in [3.8, 4) is 0 Å². The molecule has 0 bridgehead atoms. The molecule has 5 nitrogen and oxygen atoms in total. The lowest BCUT2D eigenvalue weighted by atomic mass is 10.1. The Hall–Kier alpha value is -2.12. The number of sulfonamides is 1. The minimum Gasteiger partial charge on any atom is -0.399 e. The molecule has 0 aliphatic rings. The van der Waals surface area contributed by atoms with Gasteiger partial charge in [-0.2, -0.15) is 0 Å². The SMILES string of the molecule is Nc1cc(NCCc2ccccc2F)cc(S(N)(=O)=O)c1. The van der Waals surface area contributed by atoms with E-state index in [-0.39, 0.29) is 16.4 Å². The summed E-state index contributed by atoms with van der Waals surface area (Å²) in [5.41, 5.74) is 7.04. The average molecular weight is 309 g/mol. The van der Waals surface area contributed by atoms with Gasteiger partial charge in [-0.1, -0.05) is 18.2 Å². The summed E-state index contributed by atoms with van der Waals surface area (Å²) in [7, 11) is -3.81. The van der Waals surface area contributed by atoms with Crippen LogP contribution in [0, 0.1) is 5.82 Å². The van der Waals surface area contributed by atoms with Gasteiger partial charge in [-0.05, 0) is 36.2 Å². The van der Waals surface area contributed by atoms with E-state index >= 15 is 0 Å². The Labute approximate surface area is 122 Å². The summed E-state index contributed by atoms with van der Waals surface area (Å²) in [5.74, 6) is -0.267. The van der Waals surface area contributed by atoms with Crippen LogP contribution in [-0.4, -0.2) is 15.0 Å². The van der Waals surface area contributed by atoms with Gasteiger partial charge in [0, 0.05) is 17.9 Å². The summed E-state index contributed by atoms with van der Waals surface area (Å²) >= 11 is 0. The van der Waals surface area contributed by atoms with Gasteiger partial charge in [-0.25, -0.2) is 17.9 Å². The maximum atomic E-state index is 13.5. The Morgan fingerprint density at radius 3 is 2.52 bits per heavy atom. The van der Waals surface area contributed by atoms with E-state index in [1.165, 1.54) is 18.2 Å². The third kappa shape index (κ3) is 4.17. The summed E-state index contributed by atoms with van der Waals surface area (Å²) in [4.78, 5) is -0.0594. The van der Waals surface area contributed by atoms with E-state index in [4.69, 9.17) is 10.9 Å². The van der Waals surface area contributed by atoms with Crippen molar-refractivity contribution in [1.29, 1.82) is 0 Å². The number of primary sulfonamides is 1. The van der Waals surface area contributed by atoms with Gasteiger partial charge in [-0.15, -0.1) is 0 Å². The maximum absolute atomic E-state index is 13.5. The Bertz CT molecular complexity index is 748. The highest BCUT2D eigenvalue weighted by Gasteiger charge is 2.10. The van der Waals surface area contributed by atoms with Crippen LogP contribution in [0.5, 0.6) is 0 Å². The van der Waals surface area contributed by atoms with Crippen molar-refractivity contribution < 1.29 is 12.8 Å². The topological polar surface area (TPSA) is 98.2 Å². The van der Waals surface area contributed by atoms with Gasteiger partial charge in [0.1, 0.15) is 5.82 Å². The number of hydrogen-bond donors (Lipinski definition) is 3. The number of hydrogen-bond acceptors (Lipinski definition) is 4. The third-order valence-corrected chi connectivity index (χ3v) is 3.83. The molecule has 21 heavy (non-hydrogen) atoms. The highest BCUT2D eigenvalue weighted by Crippen LogP contribution is 2.19. The van der Waals surface area contributed by atoms with Crippen molar-refractivity contribution in [1.82, 2.24) is 0 Å². The molecule has 0 aliphatic carbocycles. The summed E-state index contributed by atoms with van der Waals surface area (Å²) in [6, 6.07) is 10.8. The minimum absolute atomic E-state index is 0.0594. The molecule has 0 amide bonds. The third-order valence-electron chi connectivity index (χ3n) is 2.94. The van der Waals surface area contributed by atoms with Crippen LogP contribution in [0.4, 0.5) is 15.8 Å². The molecular formula is C14H16FN3O2S. The van der Waals surface area contributed by atoms with Crippen molar-refractivity contribution in [3.05, 3.63) is 53.8 Å². The number of benzene rings is 2. The smallest absolute Gasteiger partial charge is 0.238 e. The number of halogens is 1. The molecule has 0 saturated carbocycles. The summed E-state index contributed by atoms with van der Waals surface area (Å²) < 4.78 is 36.1. The first-order chi connectivity index (χ1) is 9.86. The maximum Gasteiger partial charge on any atom is 0.238 e. The van der Waals surface area contributed by atoms with Gasteiger partial charge < -0.3 is 11.1 Å². The largest absolute Gasteiger partial charge is 0.399 e. The standard InChI is InChI=1S/C14H16FN3O2S/c15-14-4-2-1-3-10(14)5-6-18-12-7-11(16)8-13(9-12)21(17,19)20/h1-4,7-9,18H,5-6,16H2,(H2,17,19,20). The molecule has 0 heterocycles. The lowest BCUT2D eigenvalue weighted by Crippen LogP contribution is -2.13. The van der Waals surface area contributed by atoms with E-state index in [2.05, 4.69) is 5.32 Å². The van der Waals surface area contributed by atoms with Crippen LogP contribution in [0.25, 0.3) is 0 Å². The molecule has 7 heteroatoms. The molecule has 112 valence electrons. The molecule has 0 spiro atoms.